The maximum Gasteiger partial charge on any atom is 0.340 e. The summed E-state index contributed by atoms with van der Waals surface area (Å²) in [5.41, 5.74) is 0.804. The molecule has 0 spiro atoms. The van der Waals surface area contributed by atoms with Crippen molar-refractivity contribution < 1.29 is 31.9 Å². The molecule has 0 unspecified atom stereocenters. The average molecular weight is 521 g/mol. The highest BCUT2D eigenvalue weighted by atomic mass is 35.5. The molecule has 2 aliphatic heterocycles. The third kappa shape index (κ3) is 5.51. The Morgan fingerprint density at radius 3 is 2.66 bits per heavy atom. The van der Waals surface area contributed by atoms with Crippen molar-refractivity contribution in [2.24, 2.45) is 0 Å². The van der Waals surface area contributed by atoms with Crippen LogP contribution in [-0.2, 0) is 35.6 Å². The first kappa shape index (κ1) is 25.2. The molecule has 35 heavy (non-hydrogen) atoms. The Balaban J connectivity index is 1.52. The molecule has 2 aromatic rings. The Morgan fingerprint density at radius 2 is 2.00 bits per heavy atom. The number of nitrogens with zero attached hydrogens (tertiary/aromatic N) is 1. The molecule has 2 aliphatic rings. The topological polar surface area (TPSA) is 115 Å². The molecule has 1 saturated heterocycles. The summed E-state index contributed by atoms with van der Waals surface area (Å²) < 4.78 is 43.7. The van der Waals surface area contributed by atoms with Gasteiger partial charge in [-0.1, -0.05) is 11.6 Å². The fourth-order valence-electron chi connectivity index (χ4n) is 4.01. The molecule has 0 radical (unpaired) electrons. The molecule has 0 saturated carbocycles. The third-order valence-corrected chi connectivity index (χ3v) is 7.51. The first-order chi connectivity index (χ1) is 16.7. The summed E-state index contributed by atoms with van der Waals surface area (Å²) in [6.07, 6.45) is 3.15. The summed E-state index contributed by atoms with van der Waals surface area (Å²) in [6, 6.07) is 8.97. The van der Waals surface area contributed by atoms with E-state index in [4.69, 9.17) is 25.5 Å². The normalized spacial score (nSPS) is 19.7. The van der Waals surface area contributed by atoms with Crippen molar-refractivity contribution in [2.45, 2.75) is 37.3 Å². The van der Waals surface area contributed by atoms with E-state index >= 15 is 0 Å². The van der Waals surface area contributed by atoms with Gasteiger partial charge in [0.2, 0.25) is 10.0 Å². The quantitative estimate of drug-likeness (QED) is 0.419. The van der Waals surface area contributed by atoms with Crippen molar-refractivity contribution in [2.75, 3.05) is 20.3 Å². The lowest BCUT2D eigenvalue weighted by molar-refractivity contribution is -0.136. The Bertz CT molecular complexity index is 1290. The second-order valence-corrected chi connectivity index (χ2v) is 10.3. The van der Waals surface area contributed by atoms with Crippen molar-refractivity contribution in [3.8, 4) is 0 Å². The summed E-state index contributed by atoms with van der Waals surface area (Å²) in [5, 5.41) is 0.430. The van der Waals surface area contributed by atoms with E-state index in [9.17, 15) is 18.0 Å². The Labute approximate surface area is 208 Å². The molecule has 0 aliphatic carbocycles. The number of halogens is 1. The van der Waals surface area contributed by atoms with Gasteiger partial charge in [0.1, 0.15) is 11.5 Å². The third-order valence-electron chi connectivity index (χ3n) is 5.84. The lowest BCUT2D eigenvalue weighted by atomic mass is 10.1. The van der Waals surface area contributed by atoms with E-state index in [1.807, 2.05) is 0 Å². The predicted molar refractivity (Wildman–Crippen MR) is 128 cm³/mol. The Hall–Kier alpha value is -2.92. The average Bonchev–Trinajstić information content (AvgIpc) is 3.56. The number of rotatable bonds is 8. The van der Waals surface area contributed by atoms with Crippen LogP contribution >= 0.6 is 11.6 Å². The molecule has 11 heteroatoms. The number of furan rings is 1. The van der Waals surface area contributed by atoms with E-state index in [2.05, 4.69) is 4.72 Å². The van der Waals surface area contributed by atoms with Gasteiger partial charge in [-0.3, -0.25) is 4.79 Å². The van der Waals surface area contributed by atoms with Crippen LogP contribution in [0, 0.1) is 0 Å². The number of nitrogens with one attached hydrogen (secondary N) is 1. The highest BCUT2D eigenvalue weighted by Gasteiger charge is 2.38. The number of sulfonamides is 1. The van der Waals surface area contributed by atoms with Gasteiger partial charge in [0.15, 0.2) is 0 Å². The van der Waals surface area contributed by atoms with E-state index in [0.29, 0.717) is 35.4 Å². The molecule has 9 nitrogen and oxygen atoms in total. The standard InChI is InChI=1S/C24H25ClN2O7S/c1-15-22(24(29)32-2)21(23(28)27(15)14-19-4-3-11-33-19)12-17-7-8-18(34-17)13-26-35(30,31)20-9-5-16(25)6-10-20/h5-10,12,19,26H,3-4,11,13-14H2,1-2H3/b21-12+/t19-/m0/s1. The van der Waals surface area contributed by atoms with Crippen LogP contribution in [0.25, 0.3) is 6.08 Å². The number of allylic oxidation sites excluding steroid dienone is 1. The van der Waals surface area contributed by atoms with E-state index < -0.39 is 16.0 Å². The lowest BCUT2D eigenvalue weighted by Crippen LogP contribution is -2.33. The van der Waals surface area contributed by atoms with Crippen LogP contribution in [0.4, 0.5) is 0 Å². The van der Waals surface area contributed by atoms with Crippen LogP contribution in [0.5, 0.6) is 0 Å². The van der Waals surface area contributed by atoms with Gasteiger partial charge >= 0.3 is 5.97 Å². The first-order valence-corrected chi connectivity index (χ1v) is 12.8. The minimum absolute atomic E-state index is 0.0713. The maximum absolute atomic E-state index is 13.2. The molecule has 1 amide bonds. The number of benzene rings is 1. The van der Waals surface area contributed by atoms with Gasteiger partial charge in [-0.05, 0) is 62.2 Å². The second kappa shape index (κ2) is 10.4. The van der Waals surface area contributed by atoms with Crippen molar-refractivity contribution >= 4 is 39.6 Å². The van der Waals surface area contributed by atoms with Crippen LogP contribution in [0.2, 0.25) is 5.02 Å². The second-order valence-electron chi connectivity index (χ2n) is 8.14. The zero-order valence-electron chi connectivity index (χ0n) is 19.2. The highest BCUT2D eigenvalue weighted by molar-refractivity contribution is 7.89. The molecule has 1 atom stereocenters. The molecule has 4 rings (SSSR count). The van der Waals surface area contributed by atoms with Gasteiger partial charge < -0.3 is 18.8 Å². The molecule has 1 N–H and O–H groups in total. The summed E-state index contributed by atoms with van der Waals surface area (Å²) in [7, 11) is -2.52. The Morgan fingerprint density at radius 1 is 1.26 bits per heavy atom. The molecule has 1 fully saturated rings. The molecular formula is C24H25ClN2O7S. The van der Waals surface area contributed by atoms with Crippen molar-refractivity contribution in [1.29, 1.82) is 0 Å². The highest BCUT2D eigenvalue weighted by Crippen LogP contribution is 2.33. The predicted octanol–water partition coefficient (Wildman–Crippen LogP) is 3.26. The monoisotopic (exact) mass is 520 g/mol. The number of carbonyl (C=O) groups excluding carboxylic acids is 2. The summed E-state index contributed by atoms with van der Waals surface area (Å²) >= 11 is 5.82. The largest absolute Gasteiger partial charge is 0.465 e. The number of amides is 1. The van der Waals surface area contributed by atoms with Crippen molar-refractivity contribution in [1.82, 2.24) is 9.62 Å². The van der Waals surface area contributed by atoms with Gasteiger partial charge in [-0.25, -0.2) is 17.9 Å². The van der Waals surface area contributed by atoms with Crippen LogP contribution in [0.15, 0.2) is 62.6 Å². The van der Waals surface area contributed by atoms with Gasteiger partial charge in [0.25, 0.3) is 5.91 Å². The number of carbonyl (C=O) groups is 2. The minimum atomic E-state index is -3.77. The maximum atomic E-state index is 13.2. The summed E-state index contributed by atoms with van der Waals surface area (Å²) in [4.78, 5) is 27.3. The zero-order valence-corrected chi connectivity index (χ0v) is 20.8. The Kier molecular flexibility index (Phi) is 7.46. The van der Waals surface area contributed by atoms with E-state index in [1.165, 1.54) is 42.4 Å². The summed E-state index contributed by atoms with van der Waals surface area (Å²) in [5.74, 6) is -0.349. The van der Waals surface area contributed by atoms with E-state index in [0.717, 1.165) is 12.8 Å². The fraction of sp³-hybridized carbons (Fsp3) is 0.333. The number of methoxy groups -OCH3 is 1. The molecule has 1 aromatic heterocycles. The SMILES string of the molecule is COC(=O)C1=C(C)N(C[C@@H]2CCCO2)C(=O)/C1=C/c1ccc(CNS(=O)(=O)c2ccc(Cl)cc2)o1. The van der Waals surface area contributed by atoms with Crippen molar-refractivity contribution in [3.05, 3.63) is 69.8 Å². The van der Waals surface area contributed by atoms with E-state index in [1.54, 1.807) is 19.1 Å². The summed E-state index contributed by atoms with van der Waals surface area (Å²) in [6.45, 7) is 2.59. The van der Waals surface area contributed by atoms with Gasteiger partial charge in [-0.2, -0.15) is 0 Å². The molecular weight excluding hydrogens is 496 g/mol. The lowest BCUT2D eigenvalue weighted by Gasteiger charge is -2.21. The zero-order chi connectivity index (χ0) is 25.2. The first-order valence-electron chi connectivity index (χ1n) is 11.0. The fourth-order valence-corrected chi connectivity index (χ4v) is 5.13. The van der Waals surface area contributed by atoms with Crippen LogP contribution in [-0.4, -0.2) is 51.6 Å². The number of hydrogen-bond donors (Lipinski definition) is 1. The molecule has 1 aromatic carbocycles. The van der Waals surface area contributed by atoms with Gasteiger partial charge in [-0.15, -0.1) is 0 Å². The number of hydrogen-bond acceptors (Lipinski definition) is 7. The number of esters is 1. The smallest absolute Gasteiger partial charge is 0.340 e. The van der Waals surface area contributed by atoms with Gasteiger partial charge in [0, 0.05) is 17.3 Å². The van der Waals surface area contributed by atoms with Crippen LogP contribution in [0.3, 0.4) is 0 Å². The minimum Gasteiger partial charge on any atom is -0.465 e. The van der Waals surface area contributed by atoms with Crippen LogP contribution in [0.1, 0.15) is 31.3 Å². The van der Waals surface area contributed by atoms with E-state index in [-0.39, 0.29) is 34.6 Å². The molecule has 3 heterocycles. The van der Waals surface area contributed by atoms with Crippen LogP contribution < -0.4 is 4.72 Å². The molecule has 186 valence electrons. The number of ether oxygens (including phenoxy) is 2. The van der Waals surface area contributed by atoms with Gasteiger partial charge in [0.05, 0.1) is 42.3 Å². The molecule has 0 bridgehead atoms. The van der Waals surface area contributed by atoms with Crippen molar-refractivity contribution in [3.63, 3.8) is 0 Å².